The zero-order valence-corrected chi connectivity index (χ0v) is 17.1. The van der Waals surface area contributed by atoms with Gasteiger partial charge in [0.1, 0.15) is 11.5 Å². The lowest BCUT2D eigenvalue weighted by Gasteiger charge is -2.12. The van der Waals surface area contributed by atoms with Crippen molar-refractivity contribution in [3.8, 4) is 11.5 Å². The monoisotopic (exact) mass is 434 g/mol. The number of ether oxygens (including phenoxy) is 2. The lowest BCUT2D eigenvalue weighted by Crippen LogP contribution is -2.43. The zero-order valence-electron chi connectivity index (χ0n) is 15.5. The molecular formula is C20H23BrN2O4. The van der Waals surface area contributed by atoms with Crippen molar-refractivity contribution in [3.63, 3.8) is 0 Å². The van der Waals surface area contributed by atoms with Crippen LogP contribution in [0.2, 0.25) is 0 Å². The molecule has 0 spiro atoms. The van der Waals surface area contributed by atoms with Crippen molar-refractivity contribution < 1.29 is 19.1 Å². The SMILES string of the molecule is Cc1ccc(OCC(=O)NNC(=O)c2ccc(OCC(C)C)c(Br)c2)cc1. The fourth-order valence-corrected chi connectivity index (χ4v) is 2.53. The quantitative estimate of drug-likeness (QED) is 0.652. The summed E-state index contributed by atoms with van der Waals surface area (Å²) >= 11 is 3.39. The van der Waals surface area contributed by atoms with Crippen molar-refractivity contribution >= 4 is 27.7 Å². The smallest absolute Gasteiger partial charge is 0.276 e. The van der Waals surface area contributed by atoms with Crippen LogP contribution < -0.4 is 20.3 Å². The summed E-state index contributed by atoms with van der Waals surface area (Å²) < 4.78 is 11.7. The summed E-state index contributed by atoms with van der Waals surface area (Å²) in [6.45, 7) is 6.46. The van der Waals surface area contributed by atoms with Gasteiger partial charge in [0.2, 0.25) is 0 Å². The molecule has 144 valence electrons. The first kappa shape index (κ1) is 20.8. The Bertz CT molecular complexity index is 791. The Hall–Kier alpha value is -2.54. The van der Waals surface area contributed by atoms with Crippen LogP contribution in [0.15, 0.2) is 46.9 Å². The van der Waals surface area contributed by atoms with Gasteiger partial charge in [0.25, 0.3) is 11.8 Å². The highest BCUT2D eigenvalue weighted by Crippen LogP contribution is 2.26. The van der Waals surface area contributed by atoms with E-state index in [1.807, 2.05) is 19.1 Å². The molecule has 0 fully saturated rings. The van der Waals surface area contributed by atoms with E-state index in [1.165, 1.54) is 0 Å². The molecule has 0 heterocycles. The molecule has 2 rings (SSSR count). The van der Waals surface area contributed by atoms with Crippen LogP contribution in [0.5, 0.6) is 11.5 Å². The van der Waals surface area contributed by atoms with Crippen LogP contribution in [0.4, 0.5) is 0 Å². The number of halogens is 1. The molecule has 2 aromatic rings. The van der Waals surface area contributed by atoms with E-state index >= 15 is 0 Å². The number of rotatable bonds is 7. The van der Waals surface area contributed by atoms with Gasteiger partial charge in [-0.15, -0.1) is 0 Å². The Morgan fingerprint density at radius 3 is 2.37 bits per heavy atom. The molecule has 0 aromatic heterocycles. The lowest BCUT2D eigenvalue weighted by atomic mass is 10.2. The highest BCUT2D eigenvalue weighted by Gasteiger charge is 2.11. The number of carbonyl (C=O) groups is 2. The third-order valence-electron chi connectivity index (χ3n) is 3.47. The van der Waals surface area contributed by atoms with E-state index in [0.29, 0.717) is 34.1 Å². The van der Waals surface area contributed by atoms with Crippen molar-refractivity contribution in [2.45, 2.75) is 20.8 Å². The van der Waals surface area contributed by atoms with Gasteiger partial charge < -0.3 is 9.47 Å². The van der Waals surface area contributed by atoms with E-state index in [0.717, 1.165) is 5.56 Å². The first-order valence-electron chi connectivity index (χ1n) is 8.56. The molecule has 2 amide bonds. The lowest BCUT2D eigenvalue weighted by molar-refractivity contribution is -0.123. The van der Waals surface area contributed by atoms with Gasteiger partial charge in [-0.1, -0.05) is 31.5 Å². The van der Waals surface area contributed by atoms with Crippen LogP contribution in [0.25, 0.3) is 0 Å². The predicted molar refractivity (Wildman–Crippen MR) is 107 cm³/mol. The van der Waals surface area contributed by atoms with Crippen LogP contribution in [-0.2, 0) is 4.79 Å². The second kappa shape index (κ2) is 9.97. The van der Waals surface area contributed by atoms with Gasteiger partial charge in [-0.2, -0.15) is 0 Å². The average molecular weight is 435 g/mol. The number of benzene rings is 2. The van der Waals surface area contributed by atoms with E-state index in [9.17, 15) is 9.59 Å². The fraction of sp³-hybridized carbons (Fsp3) is 0.300. The molecule has 7 heteroatoms. The molecule has 0 aliphatic rings. The van der Waals surface area contributed by atoms with Crippen molar-refractivity contribution in [2.75, 3.05) is 13.2 Å². The molecule has 0 saturated carbocycles. The van der Waals surface area contributed by atoms with Gasteiger partial charge in [0.15, 0.2) is 6.61 Å². The molecular weight excluding hydrogens is 412 g/mol. The summed E-state index contributed by atoms with van der Waals surface area (Å²) in [5.41, 5.74) is 6.18. The molecule has 0 aliphatic heterocycles. The molecule has 0 unspecified atom stereocenters. The summed E-state index contributed by atoms with van der Waals surface area (Å²) in [7, 11) is 0. The van der Waals surface area contributed by atoms with Crippen molar-refractivity contribution in [1.29, 1.82) is 0 Å². The Morgan fingerprint density at radius 2 is 1.74 bits per heavy atom. The maximum absolute atomic E-state index is 12.2. The van der Waals surface area contributed by atoms with E-state index in [4.69, 9.17) is 9.47 Å². The second-order valence-corrected chi connectivity index (χ2v) is 7.31. The third-order valence-corrected chi connectivity index (χ3v) is 4.09. The molecule has 0 bridgehead atoms. The van der Waals surface area contributed by atoms with Gasteiger partial charge in [0.05, 0.1) is 11.1 Å². The Morgan fingerprint density at radius 1 is 1.04 bits per heavy atom. The van der Waals surface area contributed by atoms with Crippen molar-refractivity contribution in [2.24, 2.45) is 5.92 Å². The van der Waals surface area contributed by atoms with Gasteiger partial charge in [-0.3, -0.25) is 20.4 Å². The number of hydrazine groups is 1. The van der Waals surface area contributed by atoms with Crippen molar-refractivity contribution in [3.05, 3.63) is 58.1 Å². The molecule has 6 nitrogen and oxygen atoms in total. The summed E-state index contributed by atoms with van der Waals surface area (Å²) in [5.74, 6) is 0.755. The van der Waals surface area contributed by atoms with Crippen LogP contribution in [0.1, 0.15) is 29.8 Å². The minimum absolute atomic E-state index is 0.199. The van der Waals surface area contributed by atoms with E-state index in [2.05, 4.69) is 40.6 Å². The summed E-state index contributed by atoms with van der Waals surface area (Å²) in [6.07, 6.45) is 0. The van der Waals surface area contributed by atoms with Crippen LogP contribution in [0.3, 0.4) is 0 Å². The maximum atomic E-state index is 12.2. The van der Waals surface area contributed by atoms with Gasteiger partial charge in [-0.25, -0.2) is 0 Å². The average Bonchev–Trinajstić information content (AvgIpc) is 2.64. The van der Waals surface area contributed by atoms with Crippen molar-refractivity contribution in [1.82, 2.24) is 10.9 Å². The Kier molecular flexibility index (Phi) is 7.67. The molecule has 0 aliphatic carbocycles. The van der Waals surface area contributed by atoms with Gasteiger partial charge in [0, 0.05) is 5.56 Å². The predicted octanol–water partition coefficient (Wildman–Crippen LogP) is 3.63. The summed E-state index contributed by atoms with van der Waals surface area (Å²) in [6, 6.07) is 12.3. The molecule has 2 N–H and O–H groups in total. The van der Waals surface area contributed by atoms with Gasteiger partial charge in [-0.05, 0) is 59.1 Å². The number of carbonyl (C=O) groups excluding carboxylic acids is 2. The Labute approximate surface area is 167 Å². The topological polar surface area (TPSA) is 76.7 Å². The van der Waals surface area contributed by atoms with E-state index in [1.54, 1.807) is 30.3 Å². The number of hydrogen-bond acceptors (Lipinski definition) is 4. The minimum Gasteiger partial charge on any atom is -0.492 e. The number of amides is 2. The maximum Gasteiger partial charge on any atom is 0.276 e. The molecule has 0 saturated heterocycles. The van der Waals surface area contributed by atoms with Gasteiger partial charge >= 0.3 is 0 Å². The number of nitrogens with one attached hydrogen (secondary N) is 2. The first-order chi connectivity index (χ1) is 12.8. The molecule has 0 atom stereocenters. The second-order valence-electron chi connectivity index (χ2n) is 6.45. The first-order valence-corrected chi connectivity index (χ1v) is 9.35. The standard InChI is InChI=1S/C20H23BrN2O4/c1-13(2)11-27-18-9-6-15(10-17(18)21)20(25)23-22-19(24)12-26-16-7-4-14(3)5-8-16/h4-10,13H,11-12H2,1-3H3,(H,22,24)(H,23,25). The zero-order chi connectivity index (χ0) is 19.8. The van der Waals surface area contributed by atoms with Crippen LogP contribution in [-0.4, -0.2) is 25.0 Å². The number of aryl methyl sites for hydroxylation is 1. The van der Waals surface area contributed by atoms with Crippen LogP contribution in [0, 0.1) is 12.8 Å². The Balaban J connectivity index is 1.81. The number of hydrogen-bond donors (Lipinski definition) is 2. The molecule has 27 heavy (non-hydrogen) atoms. The summed E-state index contributed by atoms with van der Waals surface area (Å²) in [4.78, 5) is 24.0. The largest absolute Gasteiger partial charge is 0.492 e. The highest BCUT2D eigenvalue weighted by atomic mass is 79.9. The summed E-state index contributed by atoms with van der Waals surface area (Å²) in [5, 5.41) is 0. The highest BCUT2D eigenvalue weighted by molar-refractivity contribution is 9.10. The minimum atomic E-state index is -0.458. The van der Waals surface area contributed by atoms with E-state index < -0.39 is 11.8 Å². The molecule has 0 radical (unpaired) electrons. The fourth-order valence-electron chi connectivity index (χ4n) is 2.03. The van der Waals surface area contributed by atoms with Crippen LogP contribution >= 0.6 is 15.9 Å². The van der Waals surface area contributed by atoms with E-state index in [-0.39, 0.29) is 6.61 Å². The third kappa shape index (κ3) is 6.94. The molecule has 2 aromatic carbocycles. The normalized spacial score (nSPS) is 10.4.